The first-order valence-electron chi connectivity index (χ1n) is 7.92. The summed E-state index contributed by atoms with van der Waals surface area (Å²) in [6.07, 6.45) is 0.439. The third kappa shape index (κ3) is 3.28. The fourth-order valence-electron chi connectivity index (χ4n) is 3.15. The second-order valence-corrected chi connectivity index (χ2v) is 7.78. The molecule has 5 nitrogen and oxygen atoms in total. The summed E-state index contributed by atoms with van der Waals surface area (Å²) in [5, 5.41) is 12.9. The van der Waals surface area contributed by atoms with Gasteiger partial charge in [-0.3, -0.25) is 4.79 Å². The number of rotatable bonds is 4. The molecule has 7 heteroatoms. The average Bonchev–Trinajstić information content (AvgIpc) is 3.14. The summed E-state index contributed by atoms with van der Waals surface area (Å²) in [5.41, 5.74) is 1.89. The van der Waals surface area contributed by atoms with Gasteiger partial charge in [-0.2, -0.15) is 11.8 Å². The number of nitrogens with one attached hydrogen (secondary N) is 1. The van der Waals surface area contributed by atoms with Crippen molar-refractivity contribution in [3.8, 4) is 5.69 Å². The molecule has 0 spiro atoms. The zero-order chi connectivity index (χ0) is 18.2. The van der Waals surface area contributed by atoms with Crippen LogP contribution in [0.3, 0.4) is 0 Å². The molecule has 0 saturated carbocycles. The maximum Gasteiger partial charge on any atom is 0.330 e. The average molecular weight is 379 g/mol. The van der Waals surface area contributed by atoms with Crippen LogP contribution in [0.4, 0.5) is 0 Å². The Kier molecular flexibility index (Phi) is 4.84. The van der Waals surface area contributed by atoms with Gasteiger partial charge >= 0.3 is 5.97 Å². The smallest absolute Gasteiger partial charge is 0.330 e. The van der Waals surface area contributed by atoms with Gasteiger partial charge in [0.25, 0.3) is 5.91 Å². The van der Waals surface area contributed by atoms with Crippen LogP contribution in [0.5, 0.6) is 0 Å². The summed E-state index contributed by atoms with van der Waals surface area (Å²) >= 11 is 7.49. The Morgan fingerprint density at radius 1 is 1.28 bits per heavy atom. The van der Waals surface area contributed by atoms with Crippen molar-refractivity contribution in [3.05, 3.63) is 52.3 Å². The fraction of sp³-hybridized carbons (Fsp3) is 0.333. The minimum Gasteiger partial charge on any atom is -0.479 e. The minimum atomic E-state index is -1.18. The maximum atomic E-state index is 12.8. The molecule has 2 aromatic rings. The molecule has 2 heterocycles. The van der Waals surface area contributed by atoms with E-state index in [4.69, 9.17) is 11.6 Å². The normalized spacial score (nSPS) is 19.8. The van der Waals surface area contributed by atoms with Crippen LogP contribution in [0, 0.1) is 13.8 Å². The standard InChI is InChI=1S/C18H19ClN2O3S/c1-11-9-15(12(2)21(11)14-5-3-13(19)4-6-14)16(22)20-18(17(23)24)7-8-25-10-18/h3-6,9H,7-8,10H2,1-2H3,(H,20,22)(H,23,24). The number of carbonyl (C=O) groups excluding carboxylic acids is 1. The lowest BCUT2D eigenvalue weighted by Crippen LogP contribution is -2.54. The van der Waals surface area contributed by atoms with Gasteiger partial charge < -0.3 is 15.0 Å². The third-order valence-electron chi connectivity index (χ3n) is 4.54. The molecule has 0 aliphatic carbocycles. The molecule has 2 N–H and O–H groups in total. The van der Waals surface area contributed by atoms with Crippen LogP contribution in [0.2, 0.25) is 5.02 Å². The minimum absolute atomic E-state index is 0.349. The Labute approximate surface area is 155 Å². The van der Waals surface area contributed by atoms with E-state index >= 15 is 0 Å². The zero-order valence-electron chi connectivity index (χ0n) is 14.0. The number of thioether (sulfide) groups is 1. The number of aliphatic carboxylic acids is 1. The Hall–Kier alpha value is -1.92. The molecule has 1 fully saturated rings. The Morgan fingerprint density at radius 2 is 1.96 bits per heavy atom. The molecular weight excluding hydrogens is 360 g/mol. The number of benzene rings is 1. The second kappa shape index (κ2) is 6.77. The van der Waals surface area contributed by atoms with E-state index in [0.29, 0.717) is 22.8 Å². The summed E-state index contributed by atoms with van der Waals surface area (Å²) in [4.78, 5) is 24.4. The van der Waals surface area contributed by atoms with Gasteiger partial charge in [0.15, 0.2) is 0 Å². The number of carboxylic acid groups (broad SMARTS) is 1. The van der Waals surface area contributed by atoms with Crippen LogP contribution in [0.15, 0.2) is 30.3 Å². The first-order chi connectivity index (χ1) is 11.8. The van der Waals surface area contributed by atoms with Crippen LogP contribution in [-0.2, 0) is 4.79 Å². The summed E-state index contributed by atoms with van der Waals surface area (Å²) in [7, 11) is 0. The Balaban J connectivity index is 1.93. The lowest BCUT2D eigenvalue weighted by Gasteiger charge is -2.24. The zero-order valence-corrected chi connectivity index (χ0v) is 15.6. The Morgan fingerprint density at radius 3 is 2.52 bits per heavy atom. The summed E-state index contributed by atoms with van der Waals surface area (Å²) in [5.74, 6) is -0.198. The monoisotopic (exact) mass is 378 g/mol. The summed E-state index contributed by atoms with van der Waals surface area (Å²) in [6, 6.07) is 9.15. The predicted molar refractivity (Wildman–Crippen MR) is 100 cm³/mol. The molecule has 1 aliphatic rings. The first kappa shape index (κ1) is 17.9. The molecule has 0 radical (unpaired) electrons. The fourth-order valence-corrected chi connectivity index (χ4v) is 4.60. The molecular formula is C18H19ClN2O3S. The molecule has 1 aliphatic heterocycles. The van der Waals surface area contributed by atoms with Crippen molar-refractivity contribution in [2.24, 2.45) is 0 Å². The highest BCUT2D eigenvalue weighted by Gasteiger charge is 2.43. The van der Waals surface area contributed by atoms with Gasteiger partial charge in [0.2, 0.25) is 0 Å². The molecule has 3 rings (SSSR count). The molecule has 1 atom stereocenters. The van der Waals surface area contributed by atoms with Crippen molar-refractivity contribution in [2.75, 3.05) is 11.5 Å². The predicted octanol–water partition coefficient (Wildman–Crippen LogP) is 3.44. The molecule has 25 heavy (non-hydrogen) atoms. The number of carboxylic acids is 1. The summed E-state index contributed by atoms with van der Waals surface area (Å²) in [6.45, 7) is 3.77. The lowest BCUT2D eigenvalue weighted by atomic mass is 9.98. The van der Waals surface area contributed by atoms with Gasteiger partial charge in [0, 0.05) is 27.9 Å². The molecule has 1 amide bonds. The second-order valence-electron chi connectivity index (χ2n) is 6.24. The SMILES string of the molecule is Cc1cc(C(=O)NC2(C(=O)O)CCSC2)c(C)n1-c1ccc(Cl)cc1. The van der Waals surface area contributed by atoms with Crippen LogP contribution in [-0.4, -0.2) is 38.6 Å². The van der Waals surface area contributed by atoms with E-state index in [9.17, 15) is 14.7 Å². The number of aryl methyl sites for hydroxylation is 1. The first-order valence-corrected chi connectivity index (χ1v) is 9.46. The largest absolute Gasteiger partial charge is 0.479 e. The number of hydrogen-bond donors (Lipinski definition) is 2. The van der Waals surface area contributed by atoms with Crippen molar-refractivity contribution < 1.29 is 14.7 Å². The lowest BCUT2D eigenvalue weighted by molar-refractivity contribution is -0.143. The number of aromatic nitrogens is 1. The van der Waals surface area contributed by atoms with E-state index in [1.165, 1.54) is 0 Å². The van der Waals surface area contributed by atoms with E-state index in [-0.39, 0.29) is 5.91 Å². The van der Waals surface area contributed by atoms with Crippen molar-refractivity contribution >= 4 is 35.2 Å². The van der Waals surface area contributed by atoms with Gasteiger partial charge in [0.1, 0.15) is 5.54 Å². The molecule has 0 bridgehead atoms. The third-order valence-corrected chi connectivity index (χ3v) is 5.99. The number of hydrogen-bond acceptors (Lipinski definition) is 3. The molecule has 1 aromatic carbocycles. The number of carbonyl (C=O) groups is 2. The highest BCUT2D eigenvalue weighted by atomic mass is 35.5. The molecule has 1 unspecified atom stereocenters. The molecule has 132 valence electrons. The van der Waals surface area contributed by atoms with E-state index in [1.54, 1.807) is 30.0 Å². The van der Waals surface area contributed by atoms with Gasteiger partial charge in [0.05, 0.1) is 5.56 Å². The van der Waals surface area contributed by atoms with Crippen molar-refractivity contribution in [1.29, 1.82) is 0 Å². The molecule has 1 aromatic heterocycles. The topological polar surface area (TPSA) is 71.3 Å². The van der Waals surface area contributed by atoms with E-state index < -0.39 is 11.5 Å². The Bertz CT molecular complexity index is 824. The number of nitrogens with zero attached hydrogens (tertiary/aromatic N) is 1. The number of halogens is 1. The van der Waals surface area contributed by atoms with Crippen LogP contribution in [0.25, 0.3) is 5.69 Å². The van der Waals surface area contributed by atoms with Gasteiger partial charge in [-0.25, -0.2) is 4.79 Å². The quantitative estimate of drug-likeness (QED) is 0.854. The highest BCUT2D eigenvalue weighted by Crippen LogP contribution is 2.29. The van der Waals surface area contributed by atoms with E-state index in [0.717, 1.165) is 22.8 Å². The van der Waals surface area contributed by atoms with Gasteiger partial charge in [-0.15, -0.1) is 0 Å². The van der Waals surface area contributed by atoms with Crippen molar-refractivity contribution in [2.45, 2.75) is 25.8 Å². The number of amides is 1. The van der Waals surface area contributed by atoms with Crippen LogP contribution < -0.4 is 5.32 Å². The highest BCUT2D eigenvalue weighted by molar-refractivity contribution is 7.99. The van der Waals surface area contributed by atoms with Crippen molar-refractivity contribution in [1.82, 2.24) is 9.88 Å². The van der Waals surface area contributed by atoms with Crippen molar-refractivity contribution in [3.63, 3.8) is 0 Å². The summed E-state index contributed by atoms with van der Waals surface area (Å²) < 4.78 is 1.96. The van der Waals surface area contributed by atoms with E-state index in [1.807, 2.05) is 30.5 Å². The maximum absolute atomic E-state index is 12.8. The van der Waals surface area contributed by atoms with Gasteiger partial charge in [-0.1, -0.05) is 11.6 Å². The van der Waals surface area contributed by atoms with Crippen LogP contribution >= 0.6 is 23.4 Å². The van der Waals surface area contributed by atoms with E-state index in [2.05, 4.69) is 5.32 Å². The van der Waals surface area contributed by atoms with Crippen LogP contribution in [0.1, 0.15) is 28.2 Å². The molecule has 1 saturated heterocycles. The van der Waals surface area contributed by atoms with Gasteiger partial charge in [-0.05, 0) is 56.4 Å².